The number of hydrogen-bond acceptors (Lipinski definition) is 3. The van der Waals surface area contributed by atoms with Gasteiger partial charge in [-0.1, -0.05) is 0 Å². The third-order valence-electron chi connectivity index (χ3n) is 4.27. The highest BCUT2D eigenvalue weighted by molar-refractivity contribution is 9.11. The van der Waals surface area contributed by atoms with E-state index in [1.54, 1.807) is 0 Å². The van der Waals surface area contributed by atoms with Crippen molar-refractivity contribution in [3.63, 3.8) is 0 Å². The van der Waals surface area contributed by atoms with Gasteiger partial charge in [-0.2, -0.15) is 0 Å². The average Bonchev–Trinajstić information content (AvgIpc) is 2.81. The van der Waals surface area contributed by atoms with Gasteiger partial charge in [0.1, 0.15) is 0 Å². The zero-order chi connectivity index (χ0) is 12.7. The summed E-state index contributed by atoms with van der Waals surface area (Å²) in [5.74, 6) is 0.744. The van der Waals surface area contributed by atoms with Gasteiger partial charge in [-0.25, -0.2) is 0 Å². The third-order valence-corrected chi connectivity index (χ3v) is 5.89. The van der Waals surface area contributed by atoms with Crippen molar-refractivity contribution in [2.24, 2.45) is 5.92 Å². The highest BCUT2D eigenvalue weighted by atomic mass is 79.9. The van der Waals surface area contributed by atoms with E-state index in [0.717, 1.165) is 8.66 Å². The van der Waals surface area contributed by atoms with Gasteiger partial charge in [-0.3, -0.25) is 9.69 Å². The Labute approximate surface area is 120 Å². The van der Waals surface area contributed by atoms with Gasteiger partial charge in [0.05, 0.1) is 8.66 Å². The standard InChI is InChI=1S/C13H17BrN2OS/c1-8-12(9-4-6-16(8)7-5-9)15-13(17)10-2-3-11(14)18-10/h2-3,8-9,12H,4-7H2,1H3,(H,15,17)/t8-,12-/m0/s1/i13+1. The fraction of sp³-hybridized carbons (Fsp3) is 0.615. The molecule has 1 aromatic heterocycles. The van der Waals surface area contributed by atoms with E-state index in [2.05, 4.69) is 33.1 Å². The molecule has 4 rings (SSSR count). The summed E-state index contributed by atoms with van der Waals surface area (Å²) < 4.78 is 1.01. The van der Waals surface area contributed by atoms with Crippen LogP contribution in [-0.4, -0.2) is 36.0 Å². The van der Waals surface area contributed by atoms with E-state index in [-0.39, 0.29) is 5.91 Å². The highest BCUT2D eigenvalue weighted by Crippen LogP contribution is 2.32. The van der Waals surface area contributed by atoms with Gasteiger partial charge in [-0.05, 0) is 66.8 Å². The number of rotatable bonds is 2. The van der Waals surface area contributed by atoms with Crippen LogP contribution < -0.4 is 5.32 Å². The lowest BCUT2D eigenvalue weighted by molar-refractivity contribution is 0.0218. The molecule has 0 aliphatic carbocycles. The summed E-state index contributed by atoms with van der Waals surface area (Å²) in [5.41, 5.74) is 0. The second-order valence-corrected chi connectivity index (χ2v) is 7.68. The number of halogens is 1. The molecule has 3 fully saturated rings. The van der Waals surface area contributed by atoms with Gasteiger partial charge < -0.3 is 5.32 Å². The van der Waals surface area contributed by atoms with Gasteiger partial charge in [0.25, 0.3) is 5.91 Å². The summed E-state index contributed by atoms with van der Waals surface area (Å²) in [5, 5.41) is 3.24. The zero-order valence-corrected chi connectivity index (χ0v) is 12.8. The average molecular weight is 330 g/mol. The minimum absolute atomic E-state index is 0.0799. The van der Waals surface area contributed by atoms with Crippen LogP contribution in [0.15, 0.2) is 15.9 Å². The Morgan fingerprint density at radius 2 is 2.17 bits per heavy atom. The summed E-state index contributed by atoms with van der Waals surface area (Å²) in [4.78, 5) is 15.5. The predicted octanol–water partition coefficient (Wildman–Crippen LogP) is 2.72. The summed E-state index contributed by atoms with van der Waals surface area (Å²) >= 11 is 4.90. The first kappa shape index (κ1) is 12.6. The molecule has 3 aliphatic rings. The predicted molar refractivity (Wildman–Crippen MR) is 77.0 cm³/mol. The van der Waals surface area contributed by atoms with Crippen LogP contribution in [0, 0.1) is 5.92 Å². The number of thiophene rings is 1. The van der Waals surface area contributed by atoms with Crippen molar-refractivity contribution in [3.8, 4) is 0 Å². The third kappa shape index (κ3) is 2.24. The summed E-state index contributed by atoms with van der Waals surface area (Å²) in [6.45, 7) is 4.63. The molecule has 2 bridgehead atoms. The second-order valence-electron chi connectivity index (χ2n) is 5.22. The SMILES string of the molecule is C[C@H]1[C@H](N[13C](=O)c2ccc(Br)s2)C2CCN1CC2. The van der Waals surface area contributed by atoms with Crippen LogP contribution in [0.2, 0.25) is 0 Å². The largest absolute Gasteiger partial charge is 0.347 e. The van der Waals surface area contributed by atoms with Crippen molar-refractivity contribution in [3.05, 3.63) is 20.8 Å². The van der Waals surface area contributed by atoms with Crippen molar-refractivity contribution in [2.45, 2.75) is 31.8 Å². The van der Waals surface area contributed by atoms with Crippen LogP contribution >= 0.6 is 27.3 Å². The number of nitrogens with zero attached hydrogens (tertiary/aromatic N) is 1. The van der Waals surface area contributed by atoms with Gasteiger partial charge in [0.15, 0.2) is 0 Å². The number of hydrogen-bond donors (Lipinski definition) is 1. The van der Waals surface area contributed by atoms with Gasteiger partial charge in [-0.15, -0.1) is 11.3 Å². The van der Waals surface area contributed by atoms with Crippen molar-refractivity contribution < 1.29 is 4.79 Å². The molecule has 0 saturated carbocycles. The number of amides is 1. The summed E-state index contributed by atoms with van der Waals surface area (Å²) in [6.07, 6.45) is 2.45. The molecular weight excluding hydrogens is 313 g/mol. The summed E-state index contributed by atoms with van der Waals surface area (Å²) in [6, 6.07) is 4.61. The Hall–Kier alpha value is -0.390. The van der Waals surface area contributed by atoms with E-state index >= 15 is 0 Å². The molecule has 4 heterocycles. The maximum atomic E-state index is 12.2. The molecule has 0 radical (unpaired) electrons. The van der Waals surface area contributed by atoms with Crippen molar-refractivity contribution in [1.82, 2.24) is 10.2 Å². The molecule has 3 aliphatic heterocycles. The fourth-order valence-corrected chi connectivity index (χ4v) is 4.49. The lowest BCUT2D eigenvalue weighted by Gasteiger charge is -2.49. The highest BCUT2D eigenvalue weighted by Gasteiger charge is 2.40. The number of nitrogens with one attached hydrogen (secondary N) is 1. The van der Waals surface area contributed by atoms with E-state index in [1.165, 1.54) is 37.3 Å². The molecule has 18 heavy (non-hydrogen) atoms. The zero-order valence-electron chi connectivity index (χ0n) is 10.4. The smallest absolute Gasteiger partial charge is 0.261 e. The Bertz CT molecular complexity index is 452. The number of piperidine rings is 3. The normalized spacial score (nSPS) is 34.6. The van der Waals surface area contributed by atoms with Gasteiger partial charge in [0.2, 0.25) is 0 Å². The van der Waals surface area contributed by atoms with E-state index < -0.39 is 0 Å². The van der Waals surface area contributed by atoms with Crippen LogP contribution in [0.1, 0.15) is 29.4 Å². The van der Waals surface area contributed by atoms with Crippen molar-refractivity contribution >= 4 is 33.2 Å². The number of carbonyl (C=O) groups is 1. The Kier molecular flexibility index (Phi) is 3.47. The van der Waals surface area contributed by atoms with Crippen molar-refractivity contribution in [2.75, 3.05) is 13.1 Å². The lowest BCUT2D eigenvalue weighted by Crippen LogP contribution is -2.62. The Morgan fingerprint density at radius 3 is 2.72 bits per heavy atom. The summed E-state index contributed by atoms with van der Waals surface area (Å²) in [7, 11) is 0. The van der Waals surface area contributed by atoms with E-state index in [9.17, 15) is 4.79 Å². The molecule has 0 spiro atoms. The molecule has 3 saturated heterocycles. The van der Waals surface area contributed by atoms with Crippen LogP contribution in [0.4, 0.5) is 0 Å². The number of carbonyl (C=O) groups excluding carboxylic acids is 1. The van der Waals surface area contributed by atoms with Gasteiger partial charge in [0, 0.05) is 12.1 Å². The fourth-order valence-electron chi connectivity index (χ4n) is 3.20. The molecule has 3 nitrogen and oxygen atoms in total. The second kappa shape index (κ2) is 4.94. The first-order chi connectivity index (χ1) is 8.65. The first-order valence-corrected chi connectivity index (χ1v) is 8.06. The molecule has 1 aromatic rings. The molecule has 1 N–H and O–H groups in total. The van der Waals surface area contributed by atoms with E-state index in [4.69, 9.17) is 0 Å². The lowest BCUT2D eigenvalue weighted by atomic mass is 9.79. The maximum absolute atomic E-state index is 12.2. The minimum Gasteiger partial charge on any atom is -0.347 e. The van der Waals surface area contributed by atoms with Crippen molar-refractivity contribution in [1.29, 1.82) is 0 Å². The topological polar surface area (TPSA) is 32.3 Å². The van der Waals surface area contributed by atoms with Gasteiger partial charge >= 0.3 is 0 Å². The van der Waals surface area contributed by atoms with E-state index in [0.29, 0.717) is 18.0 Å². The minimum atomic E-state index is 0.0799. The quantitative estimate of drug-likeness (QED) is 0.846. The Balaban J connectivity index is 1.71. The monoisotopic (exact) mass is 329 g/mol. The number of fused-ring (bicyclic) bond motifs is 3. The van der Waals surface area contributed by atoms with E-state index in [1.807, 2.05) is 12.1 Å². The molecule has 0 unspecified atom stereocenters. The maximum Gasteiger partial charge on any atom is 0.261 e. The molecule has 5 heteroatoms. The van der Waals surface area contributed by atoms with Crippen LogP contribution in [0.25, 0.3) is 0 Å². The van der Waals surface area contributed by atoms with Crippen LogP contribution in [0.5, 0.6) is 0 Å². The molecule has 0 aromatic carbocycles. The molecule has 98 valence electrons. The van der Waals surface area contributed by atoms with Crippen LogP contribution in [0.3, 0.4) is 0 Å². The Morgan fingerprint density at radius 1 is 1.44 bits per heavy atom. The van der Waals surface area contributed by atoms with Crippen LogP contribution in [-0.2, 0) is 0 Å². The molecule has 1 amide bonds. The molecular formula is C13H17BrN2OS. The molecule has 2 atom stereocenters. The first-order valence-electron chi connectivity index (χ1n) is 6.45.